The molecule has 0 radical (unpaired) electrons. The van der Waals surface area contributed by atoms with Crippen LogP contribution in [0.4, 0.5) is 0 Å². The van der Waals surface area contributed by atoms with E-state index in [9.17, 15) is 4.79 Å². The Kier molecular flexibility index (Phi) is 3.88. The quantitative estimate of drug-likeness (QED) is 0.785. The molecule has 1 aromatic rings. The first-order valence-electron chi connectivity index (χ1n) is 7.94. The van der Waals surface area contributed by atoms with Crippen molar-refractivity contribution in [3.8, 4) is 11.5 Å². The van der Waals surface area contributed by atoms with Crippen LogP contribution in [0.25, 0.3) is 0 Å². The van der Waals surface area contributed by atoms with Crippen LogP contribution in [0.2, 0.25) is 0 Å². The number of carbonyl (C=O) groups is 1. The Labute approximate surface area is 144 Å². The van der Waals surface area contributed by atoms with Crippen LogP contribution < -0.4 is 9.47 Å². The fraction of sp³-hybridized carbons (Fsp3) is 0.412. The fourth-order valence-corrected chi connectivity index (χ4v) is 4.24. The third kappa shape index (κ3) is 2.43. The maximum atomic E-state index is 12.6. The molecule has 1 fully saturated rings. The number of ether oxygens (including phenoxy) is 3. The van der Waals surface area contributed by atoms with Crippen molar-refractivity contribution in [3.63, 3.8) is 0 Å². The Morgan fingerprint density at radius 1 is 1.42 bits per heavy atom. The fourth-order valence-electron chi connectivity index (χ4n) is 3.21. The number of thioether (sulfide) groups is 1. The summed E-state index contributed by atoms with van der Waals surface area (Å²) < 4.78 is 16.2. The summed E-state index contributed by atoms with van der Waals surface area (Å²) in [5.74, 6) is 2.10. The summed E-state index contributed by atoms with van der Waals surface area (Å²) in [6, 6.07) is 5.62. The van der Waals surface area contributed by atoms with E-state index in [1.807, 2.05) is 32.0 Å². The molecule has 6 nitrogen and oxygen atoms in total. The van der Waals surface area contributed by atoms with Gasteiger partial charge >= 0.3 is 5.97 Å². The average Bonchev–Trinajstić information content (AvgIpc) is 3.21. The number of nitrogens with zero attached hydrogens (tertiary/aromatic N) is 2. The zero-order valence-corrected chi connectivity index (χ0v) is 14.4. The molecule has 0 aromatic heterocycles. The summed E-state index contributed by atoms with van der Waals surface area (Å²) in [4.78, 5) is 19.3. The number of hydrogen-bond acceptors (Lipinski definition) is 7. The molecule has 1 aromatic carbocycles. The predicted octanol–water partition coefficient (Wildman–Crippen LogP) is 2.71. The molecular weight excluding hydrogens is 328 g/mol. The lowest BCUT2D eigenvalue weighted by Crippen LogP contribution is -2.36. The second-order valence-electron chi connectivity index (χ2n) is 5.67. The van der Waals surface area contributed by atoms with Gasteiger partial charge in [-0.1, -0.05) is 17.8 Å². The SMILES string of the molecule is CCOC(=O)C1=C(C)N=C2SCCN2C1c1ccc2c(c1)OCO2. The van der Waals surface area contributed by atoms with Crippen molar-refractivity contribution < 1.29 is 19.0 Å². The first kappa shape index (κ1) is 15.4. The van der Waals surface area contributed by atoms with Crippen molar-refractivity contribution in [1.82, 2.24) is 4.90 Å². The predicted molar refractivity (Wildman–Crippen MR) is 91.2 cm³/mol. The Morgan fingerprint density at radius 3 is 3.08 bits per heavy atom. The van der Waals surface area contributed by atoms with Crippen molar-refractivity contribution in [3.05, 3.63) is 35.0 Å². The first-order chi connectivity index (χ1) is 11.7. The Morgan fingerprint density at radius 2 is 2.25 bits per heavy atom. The standard InChI is InChI=1S/C17H18N2O4S/c1-3-21-16(20)14-10(2)18-17-19(6-7-24-17)15(14)11-4-5-12-13(8-11)23-9-22-12/h4-5,8,15H,3,6-7,9H2,1-2H3. The van der Waals surface area contributed by atoms with Gasteiger partial charge in [0.05, 0.1) is 23.9 Å². The zero-order valence-electron chi connectivity index (χ0n) is 13.6. The van der Waals surface area contributed by atoms with Gasteiger partial charge in [-0.15, -0.1) is 0 Å². The van der Waals surface area contributed by atoms with E-state index in [1.54, 1.807) is 11.8 Å². The molecule has 4 rings (SSSR count). The molecule has 0 aliphatic carbocycles. The number of aliphatic imine (C=N–C) groups is 1. The summed E-state index contributed by atoms with van der Waals surface area (Å²) >= 11 is 1.71. The van der Waals surface area contributed by atoms with Crippen molar-refractivity contribution >= 4 is 22.9 Å². The second-order valence-corrected chi connectivity index (χ2v) is 6.73. The molecule has 3 aliphatic heterocycles. The van der Waals surface area contributed by atoms with Crippen LogP contribution >= 0.6 is 11.8 Å². The molecule has 3 heterocycles. The van der Waals surface area contributed by atoms with Crippen LogP contribution in [0.15, 0.2) is 34.5 Å². The highest BCUT2D eigenvalue weighted by molar-refractivity contribution is 8.14. The van der Waals surface area contributed by atoms with Crippen LogP contribution in [-0.2, 0) is 9.53 Å². The Hall–Kier alpha value is -2.15. The number of fused-ring (bicyclic) bond motifs is 2. The summed E-state index contributed by atoms with van der Waals surface area (Å²) in [7, 11) is 0. The zero-order chi connectivity index (χ0) is 16.7. The molecule has 0 spiro atoms. The number of esters is 1. The van der Waals surface area contributed by atoms with Gasteiger partial charge in [-0.25, -0.2) is 9.79 Å². The minimum Gasteiger partial charge on any atom is -0.463 e. The van der Waals surface area contributed by atoms with E-state index in [-0.39, 0.29) is 18.8 Å². The third-order valence-corrected chi connectivity index (χ3v) is 5.23. The van der Waals surface area contributed by atoms with Gasteiger partial charge in [0.25, 0.3) is 0 Å². The Balaban J connectivity index is 1.80. The average molecular weight is 346 g/mol. The van der Waals surface area contributed by atoms with E-state index in [2.05, 4.69) is 9.89 Å². The smallest absolute Gasteiger partial charge is 0.338 e. The molecule has 24 heavy (non-hydrogen) atoms. The van der Waals surface area contributed by atoms with Crippen LogP contribution in [0.5, 0.6) is 11.5 Å². The van der Waals surface area contributed by atoms with Gasteiger partial charge in [0, 0.05) is 12.3 Å². The number of amidine groups is 1. The van der Waals surface area contributed by atoms with E-state index in [0.29, 0.717) is 17.9 Å². The lowest BCUT2D eigenvalue weighted by atomic mass is 9.94. The third-order valence-electron chi connectivity index (χ3n) is 4.26. The number of rotatable bonds is 3. The summed E-state index contributed by atoms with van der Waals surface area (Å²) in [5.41, 5.74) is 2.30. The molecule has 1 saturated heterocycles. The summed E-state index contributed by atoms with van der Waals surface area (Å²) in [6.07, 6.45) is 0. The highest BCUT2D eigenvalue weighted by atomic mass is 32.2. The molecule has 0 saturated carbocycles. The van der Waals surface area contributed by atoms with Crippen LogP contribution in [-0.4, -0.2) is 41.7 Å². The Bertz CT molecular complexity index is 759. The van der Waals surface area contributed by atoms with Gasteiger partial charge in [0.1, 0.15) is 0 Å². The summed E-state index contributed by atoms with van der Waals surface area (Å²) in [5, 5.41) is 0.961. The van der Waals surface area contributed by atoms with E-state index < -0.39 is 0 Å². The van der Waals surface area contributed by atoms with Gasteiger partial charge in [0.15, 0.2) is 16.7 Å². The highest BCUT2D eigenvalue weighted by Gasteiger charge is 2.39. The normalized spacial score (nSPS) is 21.7. The monoisotopic (exact) mass is 346 g/mol. The minimum atomic E-state index is -0.308. The molecule has 7 heteroatoms. The molecule has 3 aliphatic rings. The second kappa shape index (κ2) is 6.05. The number of allylic oxidation sites excluding steroid dienone is 1. The van der Waals surface area contributed by atoms with Crippen LogP contribution in [0, 0.1) is 0 Å². The molecule has 1 unspecified atom stereocenters. The number of carbonyl (C=O) groups excluding carboxylic acids is 1. The van der Waals surface area contributed by atoms with Gasteiger partial charge in [-0.2, -0.15) is 0 Å². The number of benzene rings is 1. The highest BCUT2D eigenvalue weighted by Crippen LogP contribution is 2.43. The van der Waals surface area contributed by atoms with E-state index in [1.165, 1.54) is 0 Å². The number of hydrogen-bond donors (Lipinski definition) is 0. The lowest BCUT2D eigenvalue weighted by molar-refractivity contribution is -0.139. The van der Waals surface area contributed by atoms with E-state index in [4.69, 9.17) is 14.2 Å². The molecule has 1 atom stereocenters. The van der Waals surface area contributed by atoms with Crippen LogP contribution in [0.3, 0.4) is 0 Å². The van der Waals surface area contributed by atoms with Gasteiger partial charge in [0.2, 0.25) is 6.79 Å². The molecule has 0 bridgehead atoms. The molecule has 126 valence electrons. The maximum absolute atomic E-state index is 12.6. The largest absolute Gasteiger partial charge is 0.463 e. The topological polar surface area (TPSA) is 60.4 Å². The molecule has 0 amide bonds. The van der Waals surface area contributed by atoms with Crippen molar-refractivity contribution in [1.29, 1.82) is 0 Å². The van der Waals surface area contributed by atoms with E-state index >= 15 is 0 Å². The van der Waals surface area contributed by atoms with Gasteiger partial charge < -0.3 is 19.1 Å². The van der Waals surface area contributed by atoms with Crippen molar-refractivity contribution in [2.45, 2.75) is 19.9 Å². The summed E-state index contributed by atoms with van der Waals surface area (Å²) in [6.45, 7) is 5.10. The van der Waals surface area contributed by atoms with Crippen molar-refractivity contribution in [2.24, 2.45) is 4.99 Å². The first-order valence-corrected chi connectivity index (χ1v) is 8.93. The van der Waals surface area contributed by atoms with Crippen molar-refractivity contribution in [2.75, 3.05) is 25.7 Å². The van der Waals surface area contributed by atoms with Gasteiger partial charge in [-0.05, 0) is 31.5 Å². The lowest BCUT2D eigenvalue weighted by Gasteiger charge is -2.34. The van der Waals surface area contributed by atoms with Gasteiger partial charge in [-0.3, -0.25) is 0 Å². The molecular formula is C17H18N2O4S. The maximum Gasteiger partial charge on any atom is 0.338 e. The van der Waals surface area contributed by atoms with Crippen LogP contribution in [0.1, 0.15) is 25.5 Å². The molecule has 0 N–H and O–H groups in total. The minimum absolute atomic E-state index is 0.207. The van der Waals surface area contributed by atoms with E-state index in [0.717, 1.165) is 34.5 Å².